The number of imidazole rings is 1. The highest BCUT2D eigenvalue weighted by Gasteiger charge is 1.97. The van der Waals surface area contributed by atoms with Gasteiger partial charge in [0.2, 0.25) is 0 Å². The molecule has 1 aromatic heterocycles. The highest BCUT2D eigenvalue weighted by atomic mass is 128. The molecule has 0 aromatic carbocycles. The number of nitrogens with one attached hydrogen (secondary N) is 1. The average Bonchev–Trinajstić information content (AvgIpc) is 2.65. The Morgan fingerprint density at radius 1 is 1.62 bits per heavy atom. The lowest BCUT2D eigenvalue weighted by molar-refractivity contribution is 0.111. The second-order valence-electron chi connectivity index (χ2n) is 2.51. The summed E-state index contributed by atoms with van der Waals surface area (Å²) in [5.74, 6) is 0.911. The fraction of sp³-hybridized carbons (Fsp3) is 0.500. The third kappa shape index (κ3) is 5.61. The van der Waals surface area contributed by atoms with Crippen LogP contribution in [0.3, 0.4) is 0 Å². The number of carbonyl (C=O) groups excluding carboxylic acids is 1. The number of aryl methyl sites for hydroxylation is 1. The molecule has 0 aliphatic carbocycles. The first-order valence-electron chi connectivity index (χ1n) is 4.00. The van der Waals surface area contributed by atoms with Crippen LogP contribution in [-0.2, 0) is 6.42 Å². The molecule has 13 heavy (non-hydrogen) atoms. The Morgan fingerprint density at radius 2 is 2.31 bits per heavy atom. The van der Waals surface area contributed by atoms with Gasteiger partial charge in [0.25, 0.3) is 0 Å². The lowest BCUT2D eigenvalue weighted by Gasteiger charge is -1.90. The summed E-state index contributed by atoms with van der Waals surface area (Å²) in [6, 6.07) is 0. The maximum Gasteiger partial charge on any atom is 0.167 e. The number of halogens is 2. The number of carbonyl (C=O) groups is 1. The molecule has 0 fully saturated rings. The van der Waals surface area contributed by atoms with Gasteiger partial charge in [0.05, 0.1) is 11.9 Å². The number of aromatic amines is 1. The first-order chi connectivity index (χ1) is 6.36. The zero-order chi connectivity index (χ0) is 10.1. The number of nitrogens with zero attached hydrogens (tertiary/aromatic N) is 1. The summed E-state index contributed by atoms with van der Waals surface area (Å²) in [4.78, 5) is 17.2. The molecule has 0 aliphatic rings. The van der Waals surface area contributed by atoms with Crippen LogP contribution < -0.4 is 0 Å². The molecule has 0 spiro atoms. The Bertz CT molecular complexity index is 238. The normalized spacial score (nSPS) is 8.85. The van der Waals surface area contributed by atoms with Gasteiger partial charge in [0.15, 0.2) is 6.29 Å². The maximum atomic E-state index is 10.2. The van der Waals surface area contributed by atoms with E-state index in [-0.39, 0.29) is 0 Å². The Kier molecular flexibility index (Phi) is 9.15. The van der Waals surface area contributed by atoms with Gasteiger partial charge in [-0.1, -0.05) is 13.3 Å². The van der Waals surface area contributed by atoms with E-state index < -0.39 is 0 Å². The first kappa shape index (κ1) is 13.3. The molecular weight excluding hydrogens is 394 g/mol. The van der Waals surface area contributed by atoms with Crippen LogP contribution in [0.4, 0.5) is 0 Å². The molecule has 0 aliphatic heterocycles. The molecule has 0 radical (unpaired) electrons. The van der Waals surface area contributed by atoms with E-state index in [9.17, 15) is 4.79 Å². The van der Waals surface area contributed by atoms with E-state index in [2.05, 4.69) is 54.1 Å². The standard InChI is InChI=1S/C8H12N2O.I2/c1-2-3-4-8-9-5-7(6-11)10-8;1-2/h5-6H,2-4H2,1H3,(H,9,10);. The van der Waals surface area contributed by atoms with Crippen molar-refractivity contribution in [3.8, 4) is 0 Å². The predicted octanol–water partition coefficient (Wildman–Crippen LogP) is 3.34. The van der Waals surface area contributed by atoms with Crippen LogP contribution in [0.15, 0.2) is 6.20 Å². The molecule has 0 saturated heterocycles. The monoisotopic (exact) mass is 406 g/mol. The van der Waals surface area contributed by atoms with Crippen LogP contribution in [0.2, 0.25) is 0 Å². The molecule has 0 saturated carbocycles. The average molecular weight is 406 g/mol. The van der Waals surface area contributed by atoms with Crippen molar-refractivity contribution in [3.05, 3.63) is 17.7 Å². The molecule has 1 aromatic rings. The molecule has 0 amide bonds. The lowest BCUT2D eigenvalue weighted by atomic mass is 10.2. The van der Waals surface area contributed by atoms with Gasteiger partial charge >= 0.3 is 0 Å². The van der Waals surface area contributed by atoms with E-state index in [1.54, 1.807) is 6.20 Å². The minimum absolute atomic E-state index is 0.566. The van der Waals surface area contributed by atoms with Crippen molar-refractivity contribution in [3.63, 3.8) is 0 Å². The zero-order valence-electron chi connectivity index (χ0n) is 7.39. The van der Waals surface area contributed by atoms with Gasteiger partial charge in [-0.15, -0.1) is 0 Å². The summed E-state index contributed by atoms with van der Waals surface area (Å²) in [6.07, 6.45) is 5.55. The largest absolute Gasteiger partial charge is 0.340 e. The van der Waals surface area contributed by atoms with E-state index in [4.69, 9.17) is 0 Å². The summed E-state index contributed by atoms with van der Waals surface area (Å²) in [7, 11) is 0. The summed E-state index contributed by atoms with van der Waals surface area (Å²) in [6.45, 7) is 2.13. The number of aldehydes is 1. The number of hydrogen-bond donors (Lipinski definition) is 1. The minimum atomic E-state index is 0.566. The lowest BCUT2D eigenvalue weighted by Crippen LogP contribution is -1.87. The molecule has 0 atom stereocenters. The van der Waals surface area contributed by atoms with Crippen LogP contribution in [0.1, 0.15) is 36.1 Å². The smallest absolute Gasteiger partial charge is 0.167 e. The van der Waals surface area contributed by atoms with Crippen molar-refractivity contribution in [1.82, 2.24) is 9.97 Å². The summed E-state index contributed by atoms with van der Waals surface area (Å²) < 4.78 is 0. The summed E-state index contributed by atoms with van der Waals surface area (Å²) >= 11 is 4.24. The minimum Gasteiger partial charge on any atom is -0.340 e. The molecule has 3 nitrogen and oxygen atoms in total. The third-order valence-corrected chi connectivity index (χ3v) is 1.54. The summed E-state index contributed by atoms with van der Waals surface area (Å²) in [5.41, 5.74) is 0.566. The van der Waals surface area contributed by atoms with Gasteiger partial charge in [-0.25, -0.2) is 4.98 Å². The van der Waals surface area contributed by atoms with Crippen molar-refractivity contribution >= 4 is 43.5 Å². The van der Waals surface area contributed by atoms with E-state index in [1.165, 1.54) is 0 Å². The van der Waals surface area contributed by atoms with Crippen molar-refractivity contribution in [2.75, 3.05) is 0 Å². The van der Waals surface area contributed by atoms with E-state index in [0.717, 1.165) is 31.4 Å². The Morgan fingerprint density at radius 3 is 2.77 bits per heavy atom. The maximum absolute atomic E-state index is 10.2. The van der Waals surface area contributed by atoms with Crippen LogP contribution >= 0.6 is 37.2 Å². The highest BCUT2D eigenvalue weighted by molar-refractivity contribution is 15.0. The van der Waals surface area contributed by atoms with E-state index in [1.807, 2.05) is 0 Å². The fourth-order valence-corrected chi connectivity index (χ4v) is 0.910. The topological polar surface area (TPSA) is 45.8 Å². The van der Waals surface area contributed by atoms with Crippen molar-refractivity contribution in [2.24, 2.45) is 0 Å². The third-order valence-electron chi connectivity index (χ3n) is 1.54. The summed E-state index contributed by atoms with van der Waals surface area (Å²) in [5, 5.41) is 0. The van der Waals surface area contributed by atoms with Gasteiger partial charge in [0, 0.05) is 43.7 Å². The van der Waals surface area contributed by atoms with Gasteiger partial charge < -0.3 is 4.98 Å². The SMILES string of the molecule is CCCCc1ncc(C=O)[nH]1.II. The molecule has 1 heterocycles. The van der Waals surface area contributed by atoms with Crippen molar-refractivity contribution in [1.29, 1.82) is 0 Å². The second kappa shape index (κ2) is 8.92. The molecule has 5 heteroatoms. The van der Waals surface area contributed by atoms with Crippen LogP contribution in [0, 0.1) is 0 Å². The van der Waals surface area contributed by atoms with Gasteiger partial charge in [0.1, 0.15) is 5.82 Å². The fourth-order valence-electron chi connectivity index (χ4n) is 0.910. The molecule has 74 valence electrons. The second-order valence-corrected chi connectivity index (χ2v) is 2.51. The number of rotatable bonds is 4. The molecular formula is C8H12I2N2O. The number of H-pyrrole nitrogens is 1. The number of unbranched alkanes of at least 4 members (excludes halogenated alkanes) is 1. The van der Waals surface area contributed by atoms with Crippen molar-refractivity contribution in [2.45, 2.75) is 26.2 Å². The van der Waals surface area contributed by atoms with Gasteiger partial charge in [-0.2, -0.15) is 0 Å². The molecule has 0 bridgehead atoms. The zero-order valence-corrected chi connectivity index (χ0v) is 11.7. The van der Waals surface area contributed by atoms with E-state index >= 15 is 0 Å². The van der Waals surface area contributed by atoms with Crippen molar-refractivity contribution < 1.29 is 4.79 Å². The molecule has 1 N–H and O–H groups in total. The number of aromatic nitrogens is 2. The number of hydrogen-bond acceptors (Lipinski definition) is 2. The Labute approximate surface area is 101 Å². The quantitative estimate of drug-likeness (QED) is 0.616. The molecule has 1 rings (SSSR count). The predicted molar refractivity (Wildman–Crippen MR) is 70.6 cm³/mol. The van der Waals surface area contributed by atoms with Crippen LogP contribution in [-0.4, -0.2) is 16.3 Å². The highest BCUT2D eigenvalue weighted by Crippen LogP contribution is 1.99. The van der Waals surface area contributed by atoms with Crippen LogP contribution in [0.5, 0.6) is 0 Å². The van der Waals surface area contributed by atoms with Gasteiger partial charge in [-0.3, -0.25) is 4.79 Å². The van der Waals surface area contributed by atoms with Gasteiger partial charge in [-0.05, 0) is 6.42 Å². The van der Waals surface area contributed by atoms with E-state index in [0.29, 0.717) is 5.69 Å². The first-order valence-corrected chi connectivity index (χ1v) is 10.3. The Balaban J connectivity index is 0.000000671. The Hall–Kier alpha value is 0.340. The van der Waals surface area contributed by atoms with Crippen LogP contribution in [0.25, 0.3) is 0 Å². The molecule has 0 unspecified atom stereocenters.